The Balaban J connectivity index is 1.46. The lowest BCUT2D eigenvalue weighted by molar-refractivity contribution is -0.135. The van der Waals surface area contributed by atoms with E-state index in [0.29, 0.717) is 17.9 Å². The zero-order chi connectivity index (χ0) is 18.2. The van der Waals surface area contributed by atoms with Gasteiger partial charge in [0.1, 0.15) is 12.4 Å². The Labute approximate surface area is 153 Å². The normalized spacial score (nSPS) is 13.9. The molecule has 0 saturated carbocycles. The third kappa shape index (κ3) is 5.09. The predicted molar refractivity (Wildman–Crippen MR) is 97.9 cm³/mol. The topological polar surface area (TPSA) is 55.8 Å². The number of carbonyl (C=O) groups is 2. The minimum atomic E-state index is -0.495. The SMILES string of the molecule is O=C(OCC(=O)N1CCCCC1)c1ccc(OCc2ccccc2)cc1. The fourth-order valence-corrected chi connectivity index (χ4v) is 2.87. The number of ether oxygens (including phenoxy) is 2. The van der Waals surface area contributed by atoms with E-state index < -0.39 is 5.97 Å². The van der Waals surface area contributed by atoms with E-state index in [1.165, 1.54) is 0 Å². The third-order valence-electron chi connectivity index (χ3n) is 4.37. The standard InChI is InChI=1S/C21H23NO4/c23-20(22-13-5-2-6-14-22)16-26-21(24)18-9-11-19(12-10-18)25-15-17-7-3-1-4-8-17/h1,3-4,7-12H,2,5-6,13-16H2. The molecule has 5 heteroatoms. The summed E-state index contributed by atoms with van der Waals surface area (Å²) >= 11 is 0. The van der Waals surface area contributed by atoms with Gasteiger partial charge in [0.25, 0.3) is 5.91 Å². The molecule has 5 nitrogen and oxygen atoms in total. The first kappa shape index (κ1) is 18.0. The lowest BCUT2D eigenvalue weighted by atomic mass is 10.1. The van der Waals surface area contributed by atoms with Crippen molar-refractivity contribution in [2.24, 2.45) is 0 Å². The van der Waals surface area contributed by atoms with Gasteiger partial charge in [0.05, 0.1) is 5.56 Å². The smallest absolute Gasteiger partial charge is 0.338 e. The molecule has 1 saturated heterocycles. The summed E-state index contributed by atoms with van der Waals surface area (Å²) in [6, 6.07) is 16.6. The Kier molecular flexibility index (Phi) is 6.25. The van der Waals surface area contributed by atoms with E-state index in [9.17, 15) is 9.59 Å². The molecule has 1 aliphatic heterocycles. The van der Waals surface area contributed by atoms with Gasteiger partial charge in [-0.2, -0.15) is 0 Å². The molecule has 3 rings (SSSR count). The van der Waals surface area contributed by atoms with Crippen LogP contribution in [0.5, 0.6) is 5.75 Å². The fraction of sp³-hybridized carbons (Fsp3) is 0.333. The van der Waals surface area contributed by atoms with E-state index in [1.807, 2.05) is 30.3 Å². The second-order valence-corrected chi connectivity index (χ2v) is 6.32. The summed E-state index contributed by atoms with van der Waals surface area (Å²) in [6.07, 6.45) is 3.19. The van der Waals surface area contributed by atoms with Crippen molar-refractivity contribution in [1.82, 2.24) is 4.90 Å². The average molecular weight is 353 g/mol. The van der Waals surface area contributed by atoms with Crippen LogP contribution in [0.2, 0.25) is 0 Å². The zero-order valence-electron chi connectivity index (χ0n) is 14.7. The van der Waals surface area contributed by atoms with Crippen molar-refractivity contribution in [3.05, 3.63) is 65.7 Å². The van der Waals surface area contributed by atoms with Crippen LogP contribution in [-0.4, -0.2) is 36.5 Å². The molecule has 1 heterocycles. The molecule has 2 aromatic rings. The van der Waals surface area contributed by atoms with Crippen LogP contribution in [0.4, 0.5) is 0 Å². The van der Waals surface area contributed by atoms with E-state index in [4.69, 9.17) is 9.47 Å². The summed E-state index contributed by atoms with van der Waals surface area (Å²) in [5, 5.41) is 0. The quantitative estimate of drug-likeness (QED) is 0.747. The van der Waals surface area contributed by atoms with Gasteiger partial charge in [-0.15, -0.1) is 0 Å². The summed E-state index contributed by atoms with van der Waals surface area (Å²) in [7, 11) is 0. The largest absolute Gasteiger partial charge is 0.489 e. The molecule has 0 radical (unpaired) electrons. The summed E-state index contributed by atoms with van der Waals surface area (Å²) < 4.78 is 10.8. The van der Waals surface area contributed by atoms with Gasteiger partial charge in [0, 0.05) is 13.1 Å². The van der Waals surface area contributed by atoms with E-state index >= 15 is 0 Å². The van der Waals surface area contributed by atoms with E-state index in [0.717, 1.165) is 37.9 Å². The highest BCUT2D eigenvalue weighted by Crippen LogP contribution is 2.15. The predicted octanol–water partition coefficient (Wildman–Crippen LogP) is 3.43. The van der Waals surface area contributed by atoms with Crippen molar-refractivity contribution < 1.29 is 19.1 Å². The maximum Gasteiger partial charge on any atom is 0.338 e. The molecular formula is C21H23NO4. The maximum absolute atomic E-state index is 12.1. The van der Waals surface area contributed by atoms with Gasteiger partial charge in [-0.25, -0.2) is 4.79 Å². The van der Waals surface area contributed by atoms with Gasteiger partial charge in [-0.05, 0) is 49.1 Å². The first-order chi connectivity index (χ1) is 12.7. The van der Waals surface area contributed by atoms with Crippen LogP contribution in [0.3, 0.4) is 0 Å². The highest BCUT2D eigenvalue weighted by Gasteiger charge is 2.18. The van der Waals surface area contributed by atoms with Crippen LogP contribution in [0.1, 0.15) is 35.2 Å². The van der Waals surface area contributed by atoms with Gasteiger partial charge in [0.15, 0.2) is 6.61 Å². The van der Waals surface area contributed by atoms with Crippen molar-refractivity contribution in [2.75, 3.05) is 19.7 Å². The highest BCUT2D eigenvalue weighted by atomic mass is 16.5. The second kappa shape index (κ2) is 9.04. The van der Waals surface area contributed by atoms with Gasteiger partial charge < -0.3 is 14.4 Å². The first-order valence-electron chi connectivity index (χ1n) is 8.94. The first-order valence-corrected chi connectivity index (χ1v) is 8.94. The lowest BCUT2D eigenvalue weighted by Gasteiger charge is -2.26. The molecule has 0 N–H and O–H groups in total. The number of nitrogens with zero attached hydrogens (tertiary/aromatic N) is 1. The number of likely N-dealkylation sites (tertiary alicyclic amines) is 1. The molecule has 136 valence electrons. The Morgan fingerprint density at radius 2 is 1.58 bits per heavy atom. The number of esters is 1. The van der Waals surface area contributed by atoms with Crippen molar-refractivity contribution >= 4 is 11.9 Å². The second-order valence-electron chi connectivity index (χ2n) is 6.32. The van der Waals surface area contributed by atoms with Crippen molar-refractivity contribution in [1.29, 1.82) is 0 Å². The lowest BCUT2D eigenvalue weighted by Crippen LogP contribution is -2.38. The fourth-order valence-electron chi connectivity index (χ4n) is 2.87. The molecule has 0 spiro atoms. The monoisotopic (exact) mass is 353 g/mol. The van der Waals surface area contributed by atoms with Gasteiger partial charge in [0.2, 0.25) is 0 Å². The van der Waals surface area contributed by atoms with E-state index in [1.54, 1.807) is 29.2 Å². The molecule has 1 aliphatic rings. The van der Waals surface area contributed by atoms with E-state index in [2.05, 4.69) is 0 Å². The van der Waals surface area contributed by atoms with Crippen LogP contribution in [0.15, 0.2) is 54.6 Å². The molecule has 1 amide bonds. The van der Waals surface area contributed by atoms with Crippen LogP contribution in [0.25, 0.3) is 0 Å². The molecule has 0 aliphatic carbocycles. The number of hydrogen-bond donors (Lipinski definition) is 0. The Hall–Kier alpha value is -2.82. The Morgan fingerprint density at radius 1 is 0.885 bits per heavy atom. The molecule has 0 unspecified atom stereocenters. The summed E-state index contributed by atoms with van der Waals surface area (Å²) in [5.74, 6) is 0.0561. The van der Waals surface area contributed by atoms with Crippen LogP contribution in [-0.2, 0) is 16.1 Å². The Morgan fingerprint density at radius 3 is 2.27 bits per heavy atom. The minimum Gasteiger partial charge on any atom is -0.489 e. The number of amides is 1. The van der Waals surface area contributed by atoms with Crippen LogP contribution in [0, 0.1) is 0 Å². The number of hydrogen-bond acceptors (Lipinski definition) is 4. The van der Waals surface area contributed by atoms with Gasteiger partial charge in [-0.1, -0.05) is 30.3 Å². The number of benzene rings is 2. The maximum atomic E-state index is 12.1. The Bertz CT molecular complexity index is 721. The molecule has 0 aromatic heterocycles. The van der Waals surface area contributed by atoms with Gasteiger partial charge in [-0.3, -0.25) is 4.79 Å². The number of rotatable bonds is 6. The molecule has 26 heavy (non-hydrogen) atoms. The van der Waals surface area contributed by atoms with Gasteiger partial charge >= 0.3 is 5.97 Å². The molecule has 0 bridgehead atoms. The van der Waals surface area contributed by atoms with Crippen LogP contribution >= 0.6 is 0 Å². The van der Waals surface area contributed by atoms with Crippen molar-refractivity contribution in [2.45, 2.75) is 25.9 Å². The summed E-state index contributed by atoms with van der Waals surface area (Å²) in [4.78, 5) is 25.9. The number of piperidine rings is 1. The molecule has 0 atom stereocenters. The van der Waals surface area contributed by atoms with E-state index in [-0.39, 0.29) is 12.5 Å². The summed E-state index contributed by atoms with van der Waals surface area (Å²) in [5.41, 5.74) is 1.48. The molecule has 2 aromatic carbocycles. The highest BCUT2D eigenvalue weighted by molar-refractivity contribution is 5.91. The average Bonchev–Trinajstić information content (AvgIpc) is 2.72. The van der Waals surface area contributed by atoms with Crippen molar-refractivity contribution in [3.8, 4) is 5.75 Å². The third-order valence-corrected chi connectivity index (χ3v) is 4.37. The summed E-state index contributed by atoms with van der Waals surface area (Å²) in [6.45, 7) is 1.77. The molecular weight excluding hydrogens is 330 g/mol. The molecule has 1 fully saturated rings. The minimum absolute atomic E-state index is 0.124. The number of carbonyl (C=O) groups excluding carboxylic acids is 2. The van der Waals surface area contributed by atoms with Crippen molar-refractivity contribution in [3.63, 3.8) is 0 Å². The van der Waals surface area contributed by atoms with Crippen LogP contribution < -0.4 is 4.74 Å². The zero-order valence-corrected chi connectivity index (χ0v) is 14.7.